The lowest BCUT2D eigenvalue weighted by molar-refractivity contribution is -0.212. The summed E-state index contributed by atoms with van der Waals surface area (Å²) in [6.07, 6.45) is 0. The molecule has 2 aromatic carbocycles. The number of hydrogen-bond donors (Lipinski definition) is 1. The number of sulfonamides is 1. The van der Waals surface area contributed by atoms with Gasteiger partial charge in [0, 0.05) is 24.7 Å². The number of nitrogens with zero attached hydrogens (tertiary/aromatic N) is 2. The van der Waals surface area contributed by atoms with Gasteiger partial charge in [-0.1, -0.05) is 18.2 Å². The van der Waals surface area contributed by atoms with E-state index in [0.717, 1.165) is 46.8 Å². The molecule has 35 heavy (non-hydrogen) atoms. The third kappa shape index (κ3) is 5.14. The van der Waals surface area contributed by atoms with E-state index in [9.17, 15) is 13.5 Å². The van der Waals surface area contributed by atoms with Crippen molar-refractivity contribution >= 4 is 44.3 Å². The van der Waals surface area contributed by atoms with Crippen molar-refractivity contribution in [2.75, 3.05) is 43.0 Å². The second-order valence-corrected chi connectivity index (χ2v) is 10.8. The Morgan fingerprint density at radius 2 is 1.86 bits per heavy atom. The molecule has 3 aromatic rings. The second kappa shape index (κ2) is 10.3. The molecule has 1 fully saturated rings. The fraction of sp³-hybridized carbons (Fsp3) is 0.320. The highest BCUT2D eigenvalue weighted by atomic mass is 32.2. The zero-order chi connectivity index (χ0) is 25.2. The van der Waals surface area contributed by atoms with E-state index in [-0.39, 0.29) is 21.2 Å². The molecular formula is C25H28N3O5S2-. The monoisotopic (exact) mass is 514 g/mol. The highest BCUT2D eigenvalue weighted by Gasteiger charge is 2.22. The number of benzene rings is 2. The third-order valence-corrected chi connectivity index (χ3v) is 8.20. The summed E-state index contributed by atoms with van der Waals surface area (Å²) < 4.78 is 39.3. The zero-order valence-electron chi connectivity index (χ0n) is 20.1. The Kier molecular flexibility index (Phi) is 7.34. The van der Waals surface area contributed by atoms with Gasteiger partial charge in [0.25, 0.3) is 10.0 Å². The van der Waals surface area contributed by atoms with Gasteiger partial charge in [0.15, 0.2) is 0 Å². The van der Waals surface area contributed by atoms with E-state index in [0.29, 0.717) is 18.9 Å². The SMILES string of the molecule is COc1ccccc1S(=O)(=O)Nc1ccsc1C([O-])=Nc1c(C)cc(C)c(N2CCOCC2)c1C. The Hall–Kier alpha value is -3.08. The number of methoxy groups -OCH3 is 1. The molecule has 1 saturated heterocycles. The third-order valence-electron chi connectivity index (χ3n) is 5.89. The van der Waals surface area contributed by atoms with Gasteiger partial charge in [-0.25, -0.2) is 8.42 Å². The number of morpholine rings is 1. The first-order valence-electron chi connectivity index (χ1n) is 11.2. The fourth-order valence-corrected chi connectivity index (χ4v) is 6.40. The van der Waals surface area contributed by atoms with Crippen LogP contribution < -0.4 is 19.5 Å². The maximum absolute atomic E-state index is 13.3. The lowest BCUT2D eigenvalue weighted by Gasteiger charge is -2.32. The van der Waals surface area contributed by atoms with Gasteiger partial charge in [0.1, 0.15) is 10.6 Å². The van der Waals surface area contributed by atoms with Gasteiger partial charge in [-0.05, 0) is 61.0 Å². The highest BCUT2D eigenvalue weighted by molar-refractivity contribution is 7.92. The van der Waals surface area contributed by atoms with E-state index in [1.165, 1.54) is 13.2 Å². The summed E-state index contributed by atoms with van der Waals surface area (Å²) >= 11 is 1.14. The van der Waals surface area contributed by atoms with Crippen LogP contribution in [-0.2, 0) is 14.8 Å². The Morgan fingerprint density at radius 3 is 2.57 bits per heavy atom. The Balaban J connectivity index is 1.69. The molecule has 0 unspecified atom stereocenters. The Morgan fingerprint density at radius 1 is 1.14 bits per heavy atom. The summed E-state index contributed by atoms with van der Waals surface area (Å²) in [5, 5.41) is 14.9. The average Bonchev–Trinajstić information content (AvgIpc) is 3.29. The maximum atomic E-state index is 13.3. The lowest BCUT2D eigenvalue weighted by Crippen LogP contribution is -2.37. The number of anilines is 2. The number of rotatable bonds is 7. The molecule has 2 heterocycles. The highest BCUT2D eigenvalue weighted by Crippen LogP contribution is 2.37. The number of aryl methyl sites for hydroxylation is 2. The topological polar surface area (TPSA) is 103 Å². The van der Waals surface area contributed by atoms with Crippen LogP contribution in [0.5, 0.6) is 5.75 Å². The van der Waals surface area contributed by atoms with E-state index in [1.54, 1.807) is 29.6 Å². The normalized spacial score (nSPS) is 14.7. The molecular weight excluding hydrogens is 486 g/mol. The summed E-state index contributed by atoms with van der Waals surface area (Å²) in [4.78, 5) is 6.92. The molecule has 1 N–H and O–H groups in total. The van der Waals surface area contributed by atoms with E-state index in [2.05, 4.69) is 21.5 Å². The van der Waals surface area contributed by atoms with Crippen molar-refractivity contribution in [2.24, 2.45) is 4.99 Å². The minimum absolute atomic E-state index is 0.00980. The first-order chi connectivity index (χ1) is 16.7. The van der Waals surface area contributed by atoms with Crippen LogP contribution in [0.15, 0.2) is 51.7 Å². The van der Waals surface area contributed by atoms with Gasteiger partial charge in [-0.15, -0.1) is 11.3 Å². The molecule has 10 heteroatoms. The molecule has 0 bridgehead atoms. The van der Waals surface area contributed by atoms with Crippen LogP contribution in [0, 0.1) is 20.8 Å². The molecule has 0 aliphatic carbocycles. The Labute approximate surface area is 209 Å². The second-order valence-electron chi connectivity index (χ2n) is 8.27. The van der Waals surface area contributed by atoms with Gasteiger partial charge in [-0.2, -0.15) is 0 Å². The minimum atomic E-state index is -3.98. The van der Waals surface area contributed by atoms with Gasteiger partial charge < -0.3 is 19.5 Å². The minimum Gasteiger partial charge on any atom is -0.858 e. The molecule has 0 amide bonds. The van der Waals surface area contributed by atoms with Crippen molar-refractivity contribution < 1.29 is 23.0 Å². The number of hydrogen-bond acceptors (Lipinski definition) is 8. The number of ether oxygens (including phenoxy) is 2. The van der Waals surface area contributed by atoms with E-state index >= 15 is 0 Å². The summed E-state index contributed by atoms with van der Waals surface area (Å²) in [5.74, 6) is -0.282. The van der Waals surface area contributed by atoms with Crippen molar-refractivity contribution in [3.8, 4) is 5.75 Å². The molecule has 1 aromatic heterocycles. The van der Waals surface area contributed by atoms with Gasteiger partial charge in [0.05, 0.1) is 36.6 Å². The quantitative estimate of drug-likeness (QED) is 0.380. The van der Waals surface area contributed by atoms with Crippen molar-refractivity contribution in [2.45, 2.75) is 25.7 Å². The number of nitrogens with one attached hydrogen (secondary N) is 1. The molecule has 8 nitrogen and oxygen atoms in total. The van der Waals surface area contributed by atoms with Gasteiger partial charge >= 0.3 is 0 Å². The van der Waals surface area contributed by atoms with Crippen molar-refractivity contribution in [1.29, 1.82) is 0 Å². The molecule has 0 atom stereocenters. The van der Waals surface area contributed by atoms with Crippen LogP contribution in [0.3, 0.4) is 0 Å². The van der Waals surface area contributed by atoms with Crippen LogP contribution in [0.4, 0.5) is 17.1 Å². The molecule has 186 valence electrons. The molecule has 1 aliphatic rings. The molecule has 0 radical (unpaired) electrons. The fourth-order valence-electron chi connectivity index (χ4n) is 4.36. The lowest BCUT2D eigenvalue weighted by atomic mass is 10.0. The van der Waals surface area contributed by atoms with Gasteiger partial charge in [-0.3, -0.25) is 9.71 Å². The zero-order valence-corrected chi connectivity index (χ0v) is 21.8. The number of para-hydroxylation sites is 1. The number of aliphatic imine (C=N–C) groups is 1. The van der Waals surface area contributed by atoms with Crippen molar-refractivity contribution in [1.82, 2.24) is 0 Å². The van der Waals surface area contributed by atoms with Crippen LogP contribution in [0.2, 0.25) is 0 Å². The largest absolute Gasteiger partial charge is 0.858 e. The van der Waals surface area contributed by atoms with Crippen molar-refractivity contribution in [3.05, 3.63) is 63.3 Å². The summed E-state index contributed by atoms with van der Waals surface area (Å²) in [7, 11) is -2.57. The standard InChI is InChI=1S/C25H29N3O5S2/c1-16-15-17(2)23(28-10-12-33-13-11-28)18(3)22(16)26-25(29)24-19(9-14-34-24)27-35(30,31)21-8-6-5-7-20(21)32-4/h5-9,14-15,27H,10-13H2,1-4H3,(H,26,29)/p-1. The van der Waals surface area contributed by atoms with Crippen LogP contribution in [-0.4, -0.2) is 47.7 Å². The van der Waals surface area contributed by atoms with Crippen molar-refractivity contribution in [3.63, 3.8) is 0 Å². The predicted molar refractivity (Wildman–Crippen MR) is 138 cm³/mol. The van der Waals surface area contributed by atoms with Crippen LogP contribution >= 0.6 is 11.3 Å². The molecule has 0 saturated carbocycles. The Bertz CT molecular complexity index is 1360. The molecule has 0 spiro atoms. The first kappa shape index (κ1) is 25.0. The summed E-state index contributed by atoms with van der Waals surface area (Å²) in [6.45, 7) is 8.81. The summed E-state index contributed by atoms with van der Waals surface area (Å²) in [5.41, 5.74) is 4.78. The first-order valence-corrected chi connectivity index (χ1v) is 13.5. The van der Waals surface area contributed by atoms with E-state index < -0.39 is 15.9 Å². The number of thiophene rings is 1. The van der Waals surface area contributed by atoms with Crippen LogP contribution in [0.25, 0.3) is 0 Å². The van der Waals surface area contributed by atoms with Gasteiger partial charge in [0.2, 0.25) is 0 Å². The average molecular weight is 515 g/mol. The smallest absolute Gasteiger partial charge is 0.265 e. The van der Waals surface area contributed by atoms with E-state index in [4.69, 9.17) is 9.47 Å². The molecule has 1 aliphatic heterocycles. The maximum Gasteiger partial charge on any atom is 0.265 e. The predicted octanol–water partition coefficient (Wildman–Crippen LogP) is 3.76. The van der Waals surface area contributed by atoms with Crippen LogP contribution in [0.1, 0.15) is 21.6 Å². The summed E-state index contributed by atoms with van der Waals surface area (Å²) in [6, 6.07) is 9.91. The molecule has 4 rings (SSSR count). The van der Waals surface area contributed by atoms with E-state index in [1.807, 2.05) is 19.9 Å².